The quantitative estimate of drug-likeness (QED) is 0.460. The summed E-state index contributed by atoms with van der Waals surface area (Å²) >= 11 is 13.2. The van der Waals surface area contributed by atoms with Crippen molar-refractivity contribution in [3.05, 3.63) is 64.7 Å². The van der Waals surface area contributed by atoms with Crippen molar-refractivity contribution in [3.63, 3.8) is 0 Å². The Bertz CT molecular complexity index is 956. The van der Waals surface area contributed by atoms with Crippen LogP contribution in [0, 0.1) is 0 Å². The molecule has 0 aromatic heterocycles. The third-order valence-corrected chi connectivity index (χ3v) is 7.96. The lowest BCUT2D eigenvalue weighted by atomic mass is 9.65. The molecule has 6 heteroatoms. The second kappa shape index (κ2) is 9.51. The first-order valence-corrected chi connectivity index (χ1v) is 12.5. The van der Waals surface area contributed by atoms with Gasteiger partial charge in [0, 0.05) is 34.8 Å². The Hall–Kier alpha value is -1.56. The Balaban J connectivity index is 1.96. The van der Waals surface area contributed by atoms with E-state index in [4.69, 9.17) is 23.8 Å². The summed E-state index contributed by atoms with van der Waals surface area (Å²) in [7, 11) is 0. The number of thioether (sulfide) groups is 1. The number of anilines is 1. The number of rotatable bonds is 5. The van der Waals surface area contributed by atoms with Gasteiger partial charge in [0.05, 0.1) is 5.75 Å². The van der Waals surface area contributed by atoms with Crippen LogP contribution in [0.25, 0.3) is 0 Å². The van der Waals surface area contributed by atoms with E-state index >= 15 is 0 Å². The summed E-state index contributed by atoms with van der Waals surface area (Å²) in [4.78, 5) is 17.6. The zero-order valence-electron chi connectivity index (χ0n) is 18.9. The van der Waals surface area contributed by atoms with Gasteiger partial charge >= 0.3 is 0 Å². The lowest BCUT2D eigenvalue weighted by Gasteiger charge is -2.51. The van der Waals surface area contributed by atoms with Gasteiger partial charge in [0.1, 0.15) is 4.32 Å². The smallest absolute Gasteiger partial charge is 0.237 e. The first-order chi connectivity index (χ1) is 14.6. The molecule has 31 heavy (non-hydrogen) atoms. The maximum atomic E-state index is 13.5. The molecule has 1 atom stereocenters. The molecule has 1 aliphatic heterocycles. The second-order valence-corrected chi connectivity index (χ2v) is 10.8. The van der Waals surface area contributed by atoms with Crippen LogP contribution in [0.5, 0.6) is 0 Å². The van der Waals surface area contributed by atoms with Crippen LogP contribution in [0.15, 0.2) is 48.5 Å². The molecule has 166 valence electrons. The molecule has 0 N–H and O–H groups in total. The van der Waals surface area contributed by atoms with Crippen molar-refractivity contribution in [2.45, 2.75) is 52.0 Å². The Morgan fingerprint density at radius 1 is 1.10 bits per heavy atom. The van der Waals surface area contributed by atoms with E-state index in [0.29, 0.717) is 5.75 Å². The van der Waals surface area contributed by atoms with Gasteiger partial charge in [-0.15, -0.1) is 0 Å². The van der Waals surface area contributed by atoms with Gasteiger partial charge in [-0.05, 0) is 63.4 Å². The number of benzene rings is 2. The van der Waals surface area contributed by atoms with Crippen LogP contribution in [0.1, 0.15) is 52.2 Å². The average molecular weight is 475 g/mol. The van der Waals surface area contributed by atoms with Crippen molar-refractivity contribution in [2.24, 2.45) is 0 Å². The molecule has 3 rings (SSSR count). The van der Waals surface area contributed by atoms with Gasteiger partial charge in [0.25, 0.3) is 0 Å². The molecule has 0 aliphatic carbocycles. The molecule has 2 aromatic rings. The normalized spacial score (nSPS) is 19.6. The van der Waals surface area contributed by atoms with E-state index in [1.54, 1.807) is 0 Å². The van der Waals surface area contributed by atoms with Crippen LogP contribution in [-0.2, 0) is 10.2 Å². The molecule has 1 amide bonds. The predicted molar refractivity (Wildman–Crippen MR) is 139 cm³/mol. The molecular weight excluding hydrogens is 444 g/mol. The highest BCUT2D eigenvalue weighted by molar-refractivity contribution is 8.23. The topological polar surface area (TPSA) is 23.6 Å². The van der Waals surface area contributed by atoms with Gasteiger partial charge in [-0.2, -0.15) is 0 Å². The fraction of sp³-hybridized carbons (Fsp3) is 0.440. The van der Waals surface area contributed by atoms with E-state index in [2.05, 4.69) is 69.9 Å². The van der Waals surface area contributed by atoms with Crippen molar-refractivity contribution in [3.8, 4) is 0 Å². The summed E-state index contributed by atoms with van der Waals surface area (Å²) < 4.78 is 0.785. The molecule has 0 radical (unpaired) electrons. The second-order valence-electron chi connectivity index (χ2n) is 8.80. The Morgan fingerprint density at radius 3 is 2.32 bits per heavy atom. The maximum Gasteiger partial charge on any atom is 0.237 e. The fourth-order valence-corrected chi connectivity index (χ4v) is 6.19. The van der Waals surface area contributed by atoms with Gasteiger partial charge in [-0.25, -0.2) is 0 Å². The standard InChI is InChI=1S/C25H31ClN2OS2/c1-6-27(7-2)23(30)31-16-22(29)28-21-11-9-8-10-20(21)25(5,17-24(28,3)4)18-12-14-19(26)15-13-18/h8-15H,6-7,16-17H2,1-5H3. The number of para-hydroxylation sites is 1. The molecule has 1 heterocycles. The highest BCUT2D eigenvalue weighted by Gasteiger charge is 2.47. The highest BCUT2D eigenvalue weighted by Crippen LogP contribution is 2.50. The summed E-state index contributed by atoms with van der Waals surface area (Å²) in [6.45, 7) is 12.5. The molecule has 1 aliphatic rings. The Kier molecular flexibility index (Phi) is 7.39. The molecule has 0 spiro atoms. The van der Waals surface area contributed by atoms with Crippen molar-refractivity contribution < 1.29 is 4.79 Å². The first-order valence-electron chi connectivity index (χ1n) is 10.7. The minimum Gasteiger partial charge on any atom is -0.358 e. The number of carbonyl (C=O) groups is 1. The van der Waals surface area contributed by atoms with E-state index < -0.39 is 0 Å². The molecule has 0 saturated heterocycles. The number of carbonyl (C=O) groups excluding carboxylic acids is 1. The van der Waals surface area contributed by atoms with Gasteiger partial charge in [-0.1, -0.05) is 72.8 Å². The summed E-state index contributed by atoms with van der Waals surface area (Å²) in [5.41, 5.74) is 2.79. The Labute approximate surface area is 201 Å². The molecule has 0 bridgehead atoms. The number of nitrogens with zero attached hydrogens (tertiary/aromatic N) is 2. The van der Waals surface area contributed by atoms with E-state index in [1.807, 2.05) is 23.1 Å². The number of amides is 1. The molecule has 3 nitrogen and oxygen atoms in total. The zero-order chi connectivity index (χ0) is 22.8. The Morgan fingerprint density at radius 2 is 1.71 bits per heavy atom. The monoisotopic (exact) mass is 474 g/mol. The minimum atomic E-state index is -0.350. The van der Waals surface area contributed by atoms with E-state index in [0.717, 1.165) is 34.5 Å². The molecule has 1 unspecified atom stereocenters. The van der Waals surface area contributed by atoms with Crippen molar-refractivity contribution >= 4 is 51.5 Å². The largest absolute Gasteiger partial charge is 0.358 e. The fourth-order valence-electron chi connectivity index (χ4n) is 4.81. The SMILES string of the molecule is CCN(CC)C(=S)SCC(=O)N1c2ccccc2C(C)(c2ccc(Cl)cc2)CC1(C)C. The first kappa shape index (κ1) is 24.1. The van der Waals surface area contributed by atoms with Crippen LogP contribution in [0.2, 0.25) is 5.02 Å². The lowest BCUT2D eigenvalue weighted by Crippen LogP contribution is -2.56. The predicted octanol–water partition coefficient (Wildman–Crippen LogP) is 6.52. The van der Waals surface area contributed by atoms with Crippen LogP contribution < -0.4 is 4.90 Å². The van der Waals surface area contributed by atoms with Crippen molar-refractivity contribution in [1.82, 2.24) is 4.90 Å². The average Bonchev–Trinajstić information content (AvgIpc) is 2.73. The van der Waals surface area contributed by atoms with Gasteiger partial charge in [-0.3, -0.25) is 4.79 Å². The summed E-state index contributed by atoms with van der Waals surface area (Å²) in [6.07, 6.45) is 0.815. The van der Waals surface area contributed by atoms with Crippen LogP contribution in [0.3, 0.4) is 0 Å². The van der Waals surface area contributed by atoms with Crippen LogP contribution >= 0.6 is 35.6 Å². The number of hydrogen-bond acceptors (Lipinski definition) is 3. The maximum absolute atomic E-state index is 13.5. The van der Waals surface area contributed by atoms with Crippen molar-refractivity contribution in [1.29, 1.82) is 0 Å². The van der Waals surface area contributed by atoms with Crippen LogP contribution in [-0.4, -0.2) is 39.5 Å². The van der Waals surface area contributed by atoms with Crippen molar-refractivity contribution in [2.75, 3.05) is 23.7 Å². The number of halogens is 1. The minimum absolute atomic E-state index is 0.0927. The van der Waals surface area contributed by atoms with Gasteiger partial charge in [0.2, 0.25) is 5.91 Å². The third-order valence-electron chi connectivity index (χ3n) is 6.20. The summed E-state index contributed by atoms with van der Waals surface area (Å²) in [5, 5.41) is 0.730. The lowest BCUT2D eigenvalue weighted by molar-refractivity contribution is -0.117. The van der Waals surface area contributed by atoms with E-state index in [9.17, 15) is 4.79 Å². The van der Waals surface area contributed by atoms with Gasteiger partial charge < -0.3 is 9.80 Å². The molecular formula is C25H31ClN2OS2. The van der Waals surface area contributed by atoms with E-state index in [1.165, 1.54) is 22.9 Å². The molecule has 0 saturated carbocycles. The summed E-state index contributed by atoms with van der Waals surface area (Å²) in [6, 6.07) is 16.4. The molecule has 2 aromatic carbocycles. The number of thiocarbonyl (C=S) groups is 1. The summed E-state index contributed by atoms with van der Waals surface area (Å²) in [5.74, 6) is 0.431. The highest BCUT2D eigenvalue weighted by atomic mass is 35.5. The number of hydrogen-bond donors (Lipinski definition) is 0. The van der Waals surface area contributed by atoms with E-state index in [-0.39, 0.29) is 16.9 Å². The van der Waals surface area contributed by atoms with Gasteiger partial charge in [0.15, 0.2) is 0 Å². The zero-order valence-corrected chi connectivity index (χ0v) is 21.3. The molecule has 0 fully saturated rings. The number of fused-ring (bicyclic) bond motifs is 1. The third kappa shape index (κ3) is 4.79. The van der Waals surface area contributed by atoms with Crippen LogP contribution in [0.4, 0.5) is 5.69 Å².